The summed E-state index contributed by atoms with van der Waals surface area (Å²) in [7, 11) is 1.60. The van der Waals surface area contributed by atoms with Gasteiger partial charge >= 0.3 is 0 Å². The summed E-state index contributed by atoms with van der Waals surface area (Å²) >= 11 is 3.42. The first-order valence-corrected chi connectivity index (χ1v) is 8.31. The number of ether oxygens (including phenoxy) is 1. The lowest BCUT2D eigenvalue weighted by Gasteiger charge is -2.36. The molecule has 1 aliphatic rings. The maximum Gasteiger partial charge on any atom is 0.252 e. The van der Waals surface area contributed by atoms with Crippen LogP contribution in [0.3, 0.4) is 0 Å². The summed E-state index contributed by atoms with van der Waals surface area (Å²) in [6, 6.07) is 7.36. The molecule has 0 radical (unpaired) electrons. The highest BCUT2D eigenvalue weighted by Crippen LogP contribution is 2.31. The molecule has 0 atom stereocenters. The largest absolute Gasteiger partial charge is 0.495 e. The molecule has 0 bridgehead atoms. The van der Waals surface area contributed by atoms with Gasteiger partial charge in [-0.2, -0.15) is 5.10 Å². The number of rotatable bonds is 4. The van der Waals surface area contributed by atoms with E-state index in [1.807, 2.05) is 24.4 Å². The molecule has 0 saturated carbocycles. The molecule has 1 aromatic heterocycles. The molecular formula is C16H19BrN4O2. The van der Waals surface area contributed by atoms with E-state index in [-0.39, 0.29) is 5.91 Å². The number of nitrogens with zero attached hydrogens (tertiary/aromatic N) is 2. The molecule has 0 unspecified atom stereocenters. The van der Waals surface area contributed by atoms with E-state index in [1.54, 1.807) is 24.1 Å². The lowest BCUT2D eigenvalue weighted by atomic mass is 9.87. The minimum absolute atomic E-state index is 0.0490. The SMILES string of the molecule is COc1cc(NC(=O)C2(n3cccn3)CCNCC2)ccc1Br. The fraction of sp³-hybridized carbons (Fsp3) is 0.375. The van der Waals surface area contributed by atoms with Crippen LogP contribution in [0.25, 0.3) is 0 Å². The summed E-state index contributed by atoms with van der Waals surface area (Å²) < 4.78 is 7.91. The molecule has 1 aromatic carbocycles. The Kier molecular flexibility index (Phi) is 4.68. The predicted octanol–water partition coefficient (Wildman–Crippen LogP) is 2.37. The molecular weight excluding hydrogens is 360 g/mol. The van der Waals surface area contributed by atoms with Crippen LogP contribution in [-0.4, -0.2) is 35.9 Å². The zero-order valence-electron chi connectivity index (χ0n) is 12.9. The third-order valence-corrected chi connectivity index (χ3v) is 4.86. The Hall–Kier alpha value is -1.86. The van der Waals surface area contributed by atoms with Gasteiger partial charge in [0, 0.05) is 24.1 Å². The van der Waals surface area contributed by atoms with Gasteiger partial charge in [-0.05, 0) is 60.1 Å². The first-order valence-electron chi connectivity index (χ1n) is 7.51. The maximum absolute atomic E-state index is 13.0. The van der Waals surface area contributed by atoms with Gasteiger partial charge in [0.25, 0.3) is 5.91 Å². The minimum Gasteiger partial charge on any atom is -0.495 e. The number of halogens is 1. The number of piperidine rings is 1. The average Bonchev–Trinajstić information content (AvgIpc) is 3.12. The molecule has 2 heterocycles. The molecule has 0 aliphatic carbocycles. The number of benzene rings is 1. The van der Waals surface area contributed by atoms with Crippen molar-refractivity contribution in [2.75, 3.05) is 25.5 Å². The van der Waals surface area contributed by atoms with E-state index < -0.39 is 5.54 Å². The Morgan fingerprint density at radius 2 is 2.22 bits per heavy atom. The summed E-state index contributed by atoms with van der Waals surface area (Å²) in [5, 5.41) is 10.6. The van der Waals surface area contributed by atoms with Gasteiger partial charge in [-0.25, -0.2) is 0 Å². The number of methoxy groups -OCH3 is 1. The number of amides is 1. The molecule has 1 saturated heterocycles. The molecule has 0 spiro atoms. The van der Waals surface area contributed by atoms with Crippen molar-refractivity contribution < 1.29 is 9.53 Å². The number of carbonyl (C=O) groups is 1. The molecule has 2 aromatic rings. The molecule has 1 amide bonds. The van der Waals surface area contributed by atoms with E-state index in [2.05, 4.69) is 31.7 Å². The number of aromatic nitrogens is 2. The number of carbonyl (C=O) groups excluding carboxylic acids is 1. The standard InChI is InChI=1S/C16H19BrN4O2/c1-23-14-11-12(3-4-13(14)17)20-15(22)16(5-8-18-9-6-16)21-10-2-7-19-21/h2-4,7,10-11,18H,5-6,8-9H2,1H3,(H,20,22). The van der Waals surface area contributed by atoms with Crippen molar-refractivity contribution in [2.24, 2.45) is 0 Å². The van der Waals surface area contributed by atoms with Gasteiger partial charge in [-0.15, -0.1) is 0 Å². The van der Waals surface area contributed by atoms with Crippen LogP contribution in [0, 0.1) is 0 Å². The van der Waals surface area contributed by atoms with Crippen molar-refractivity contribution in [3.8, 4) is 5.75 Å². The van der Waals surface area contributed by atoms with Crippen LogP contribution in [-0.2, 0) is 10.3 Å². The smallest absolute Gasteiger partial charge is 0.252 e. The lowest BCUT2D eigenvalue weighted by Crippen LogP contribution is -2.52. The number of hydrogen-bond acceptors (Lipinski definition) is 4. The third-order valence-electron chi connectivity index (χ3n) is 4.21. The molecule has 3 rings (SSSR count). The van der Waals surface area contributed by atoms with E-state index in [0.717, 1.165) is 17.6 Å². The van der Waals surface area contributed by atoms with Crippen molar-refractivity contribution >= 4 is 27.5 Å². The summed E-state index contributed by atoms with van der Waals surface area (Å²) in [4.78, 5) is 13.0. The van der Waals surface area contributed by atoms with Gasteiger partial charge in [-0.1, -0.05) is 0 Å². The highest BCUT2D eigenvalue weighted by atomic mass is 79.9. The Morgan fingerprint density at radius 1 is 1.43 bits per heavy atom. The van der Waals surface area contributed by atoms with Crippen molar-refractivity contribution in [3.63, 3.8) is 0 Å². The molecule has 7 heteroatoms. The Balaban J connectivity index is 1.87. The van der Waals surface area contributed by atoms with Crippen LogP contribution in [0.1, 0.15) is 12.8 Å². The lowest BCUT2D eigenvalue weighted by molar-refractivity contribution is -0.126. The van der Waals surface area contributed by atoms with E-state index >= 15 is 0 Å². The van der Waals surface area contributed by atoms with Crippen LogP contribution in [0.5, 0.6) is 5.75 Å². The van der Waals surface area contributed by atoms with Crippen LogP contribution < -0.4 is 15.4 Å². The summed E-state index contributed by atoms with van der Waals surface area (Å²) in [6.45, 7) is 1.58. The zero-order valence-corrected chi connectivity index (χ0v) is 14.5. The molecule has 122 valence electrons. The predicted molar refractivity (Wildman–Crippen MR) is 91.6 cm³/mol. The Bertz CT molecular complexity index is 681. The van der Waals surface area contributed by atoms with Crippen molar-refractivity contribution in [1.82, 2.24) is 15.1 Å². The normalized spacial score (nSPS) is 16.8. The molecule has 2 N–H and O–H groups in total. The highest BCUT2D eigenvalue weighted by molar-refractivity contribution is 9.10. The minimum atomic E-state index is -0.658. The zero-order chi connectivity index (χ0) is 16.3. The van der Waals surface area contributed by atoms with Gasteiger partial charge in [-0.3, -0.25) is 9.48 Å². The second-order valence-electron chi connectivity index (χ2n) is 5.54. The van der Waals surface area contributed by atoms with E-state index in [4.69, 9.17) is 4.74 Å². The summed E-state index contributed by atoms with van der Waals surface area (Å²) in [5.41, 5.74) is 0.0508. The topological polar surface area (TPSA) is 68.2 Å². The first-order chi connectivity index (χ1) is 11.2. The van der Waals surface area contributed by atoms with Crippen molar-refractivity contribution in [1.29, 1.82) is 0 Å². The van der Waals surface area contributed by atoms with Crippen LogP contribution in [0.4, 0.5) is 5.69 Å². The summed E-state index contributed by atoms with van der Waals surface area (Å²) in [6.07, 6.45) is 4.97. The molecule has 1 aliphatic heterocycles. The Labute approximate surface area is 143 Å². The van der Waals surface area contributed by atoms with E-state index in [0.29, 0.717) is 24.3 Å². The van der Waals surface area contributed by atoms with E-state index in [1.165, 1.54) is 0 Å². The van der Waals surface area contributed by atoms with E-state index in [9.17, 15) is 4.79 Å². The van der Waals surface area contributed by atoms with Crippen LogP contribution in [0.15, 0.2) is 41.1 Å². The second-order valence-corrected chi connectivity index (χ2v) is 6.39. The fourth-order valence-corrected chi connectivity index (χ4v) is 3.32. The molecule has 6 nitrogen and oxygen atoms in total. The quantitative estimate of drug-likeness (QED) is 0.856. The summed E-state index contributed by atoms with van der Waals surface area (Å²) in [5.74, 6) is 0.633. The Morgan fingerprint density at radius 3 is 2.87 bits per heavy atom. The van der Waals surface area contributed by atoms with Gasteiger partial charge in [0.05, 0.1) is 11.6 Å². The number of anilines is 1. The van der Waals surface area contributed by atoms with Gasteiger partial charge in [0.1, 0.15) is 11.3 Å². The second kappa shape index (κ2) is 6.72. The number of nitrogens with one attached hydrogen (secondary N) is 2. The molecule has 1 fully saturated rings. The van der Waals surface area contributed by atoms with Gasteiger partial charge < -0.3 is 15.4 Å². The van der Waals surface area contributed by atoms with Gasteiger partial charge in [0.2, 0.25) is 0 Å². The van der Waals surface area contributed by atoms with Crippen molar-refractivity contribution in [2.45, 2.75) is 18.4 Å². The average molecular weight is 379 g/mol. The third kappa shape index (κ3) is 3.11. The highest BCUT2D eigenvalue weighted by Gasteiger charge is 2.42. The van der Waals surface area contributed by atoms with Crippen LogP contribution in [0.2, 0.25) is 0 Å². The monoisotopic (exact) mass is 378 g/mol. The fourth-order valence-electron chi connectivity index (χ4n) is 2.91. The van der Waals surface area contributed by atoms with Crippen molar-refractivity contribution in [3.05, 3.63) is 41.1 Å². The van der Waals surface area contributed by atoms with Crippen LogP contribution >= 0.6 is 15.9 Å². The van der Waals surface area contributed by atoms with Gasteiger partial charge in [0.15, 0.2) is 0 Å². The first kappa shape index (κ1) is 16.0. The number of hydrogen-bond donors (Lipinski definition) is 2. The molecule has 23 heavy (non-hydrogen) atoms. The maximum atomic E-state index is 13.0.